The molecule has 0 bridgehead atoms. The molecular formula is C17H17F3N2O2S2. The molecule has 0 fully saturated rings. The van der Waals surface area contributed by atoms with Gasteiger partial charge >= 0.3 is 12.1 Å². The van der Waals surface area contributed by atoms with Crippen molar-refractivity contribution < 1.29 is 22.7 Å². The summed E-state index contributed by atoms with van der Waals surface area (Å²) < 4.78 is 43.2. The number of hydrogen-bond donors (Lipinski definition) is 2. The number of alkyl halides is 3. The first-order valence-electron chi connectivity index (χ1n) is 7.63. The summed E-state index contributed by atoms with van der Waals surface area (Å²) in [6, 6.07) is 4.71. The van der Waals surface area contributed by atoms with E-state index in [1.54, 1.807) is 0 Å². The number of anilines is 2. The van der Waals surface area contributed by atoms with E-state index in [1.165, 1.54) is 30.6 Å². The number of methoxy groups -OCH3 is 1. The fourth-order valence-corrected chi connectivity index (χ4v) is 3.87. The van der Waals surface area contributed by atoms with Crippen LogP contribution in [0.15, 0.2) is 24.3 Å². The summed E-state index contributed by atoms with van der Waals surface area (Å²) in [6.45, 7) is 3.80. The molecule has 26 heavy (non-hydrogen) atoms. The summed E-state index contributed by atoms with van der Waals surface area (Å²) >= 11 is 6.51. The molecule has 0 spiro atoms. The van der Waals surface area contributed by atoms with Gasteiger partial charge in [0.25, 0.3) is 0 Å². The number of ether oxygens (including phenoxy) is 1. The molecule has 0 atom stereocenters. The van der Waals surface area contributed by atoms with Crippen LogP contribution in [0.25, 0.3) is 0 Å². The van der Waals surface area contributed by atoms with E-state index in [0.29, 0.717) is 17.0 Å². The number of carbonyl (C=O) groups excluding carboxylic acids is 1. The Balaban J connectivity index is 2.22. The maximum Gasteiger partial charge on any atom is 0.416 e. The van der Waals surface area contributed by atoms with Crippen molar-refractivity contribution in [2.45, 2.75) is 26.4 Å². The molecule has 140 valence electrons. The highest BCUT2D eigenvalue weighted by atomic mass is 32.1. The zero-order chi connectivity index (χ0) is 19.5. The lowest BCUT2D eigenvalue weighted by Crippen LogP contribution is -2.20. The van der Waals surface area contributed by atoms with E-state index >= 15 is 0 Å². The minimum Gasteiger partial charge on any atom is -0.465 e. The standard InChI is InChI=1S/C17H17F3N2O2S2/c1-4-12-9(2)26-14(13(12)15(23)24-3)22-16(25)21-11-7-5-6-10(8-11)17(18,19)20/h5-8H,4H2,1-3H3,(H2,21,22,25). The number of thiocarbonyl (C=S) groups is 1. The van der Waals surface area contributed by atoms with Crippen molar-refractivity contribution >= 4 is 45.3 Å². The Morgan fingerprint density at radius 2 is 2.00 bits per heavy atom. The fraction of sp³-hybridized carbons (Fsp3) is 0.294. The van der Waals surface area contributed by atoms with Crippen molar-refractivity contribution in [2.75, 3.05) is 17.7 Å². The Bertz CT molecular complexity index is 832. The zero-order valence-electron chi connectivity index (χ0n) is 14.3. The van der Waals surface area contributed by atoms with Gasteiger partial charge in [-0.05, 0) is 49.3 Å². The summed E-state index contributed by atoms with van der Waals surface area (Å²) in [5, 5.41) is 6.17. The molecule has 0 radical (unpaired) electrons. The largest absolute Gasteiger partial charge is 0.465 e. The Morgan fingerprint density at radius 1 is 1.31 bits per heavy atom. The van der Waals surface area contributed by atoms with E-state index in [1.807, 2.05) is 13.8 Å². The van der Waals surface area contributed by atoms with Crippen LogP contribution in [0.1, 0.15) is 33.3 Å². The second kappa shape index (κ2) is 8.05. The Morgan fingerprint density at radius 3 is 2.58 bits per heavy atom. The summed E-state index contributed by atoms with van der Waals surface area (Å²) in [6.07, 6.45) is -3.80. The molecule has 0 saturated carbocycles. The third kappa shape index (κ3) is 4.53. The smallest absolute Gasteiger partial charge is 0.416 e. The van der Waals surface area contributed by atoms with Gasteiger partial charge in [0.1, 0.15) is 5.00 Å². The molecule has 1 aromatic heterocycles. The molecule has 0 saturated heterocycles. The molecule has 0 aliphatic heterocycles. The Labute approximate surface area is 158 Å². The number of rotatable bonds is 4. The molecular weight excluding hydrogens is 385 g/mol. The topological polar surface area (TPSA) is 50.4 Å². The Hall–Kier alpha value is -2.13. The van der Waals surface area contributed by atoms with Crippen molar-refractivity contribution in [3.63, 3.8) is 0 Å². The predicted molar refractivity (Wildman–Crippen MR) is 101 cm³/mol. The quantitative estimate of drug-likeness (QED) is 0.542. The van der Waals surface area contributed by atoms with E-state index in [4.69, 9.17) is 17.0 Å². The van der Waals surface area contributed by atoms with Crippen LogP contribution in [0.5, 0.6) is 0 Å². The van der Waals surface area contributed by atoms with Crippen molar-refractivity contribution in [1.29, 1.82) is 0 Å². The molecule has 2 N–H and O–H groups in total. The van der Waals surface area contributed by atoms with E-state index in [-0.39, 0.29) is 10.8 Å². The van der Waals surface area contributed by atoms with Crippen LogP contribution < -0.4 is 10.6 Å². The van der Waals surface area contributed by atoms with Gasteiger partial charge in [0.2, 0.25) is 0 Å². The summed E-state index contributed by atoms with van der Waals surface area (Å²) in [5.74, 6) is -0.490. The average molecular weight is 402 g/mol. The summed E-state index contributed by atoms with van der Waals surface area (Å²) in [7, 11) is 1.29. The van der Waals surface area contributed by atoms with E-state index in [0.717, 1.165) is 22.6 Å². The minimum absolute atomic E-state index is 0.0818. The van der Waals surface area contributed by atoms with Gasteiger partial charge in [-0.25, -0.2) is 4.79 Å². The number of halogens is 3. The van der Waals surface area contributed by atoms with Crippen LogP contribution in [-0.2, 0) is 17.3 Å². The third-order valence-corrected chi connectivity index (χ3v) is 4.89. The Kier molecular flexibility index (Phi) is 6.25. The third-order valence-electron chi connectivity index (χ3n) is 3.63. The van der Waals surface area contributed by atoms with Gasteiger partial charge in [0.05, 0.1) is 18.2 Å². The van der Waals surface area contributed by atoms with Crippen LogP contribution in [0.2, 0.25) is 0 Å². The van der Waals surface area contributed by atoms with Crippen LogP contribution in [0.4, 0.5) is 23.9 Å². The predicted octanol–water partition coefficient (Wildman–Crippen LogP) is 5.23. The number of aryl methyl sites for hydroxylation is 1. The molecule has 1 aromatic carbocycles. The van der Waals surface area contributed by atoms with E-state index in [9.17, 15) is 18.0 Å². The van der Waals surface area contributed by atoms with Gasteiger partial charge in [-0.2, -0.15) is 13.2 Å². The van der Waals surface area contributed by atoms with Gasteiger partial charge < -0.3 is 15.4 Å². The summed E-state index contributed by atoms with van der Waals surface area (Å²) in [5.41, 5.74) is 0.665. The summed E-state index contributed by atoms with van der Waals surface area (Å²) in [4.78, 5) is 13.0. The number of benzene rings is 1. The number of hydrogen-bond acceptors (Lipinski definition) is 4. The van der Waals surface area contributed by atoms with Crippen molar-refractivity contribution in [1.82, 2.24) is 0 Å². The SMILES string of the molecule is CCc1c(C)sc(NC(=S)Nc2cccc(C(F)(F)F)c2)c1C(=O)OC. The molecule has 0 unspecified atom stereocenters. The monoisotopic (exact) mass is 402 g/mol. The lowest BCUT2D eigenvalue weighted by Gasteiger charge is -2.13. The number of nitrogens with one attached hydrogen (secondary N) is 2. The molecule has 0 aliphatic rings. The zero-order valence-corrected chi connectivity index (χ0v) is 15.9. The molecule has 1 heterocycles. The first-order valence-corrected chi connectivity index (χ1v) is 8.85. The second-order valence-electron chi connectivity index (χ2n) is 5.34. The van der Waals surface area contributed by atoms with Gasteiger partial charge in [-0.3, -0.25) is 0 Å². The molecule has 4 nitrogen and oxygen atoms in total. The molecule has 0 amide bonds. The van der Waals surface area contributed by atoms with Crippen LogP contribution in [-0.4, -0.2) is 18.2 Å². The molecule has 0 aliphatic carbocycles. The van der Waals surface area contributed by atoms with Gasteiger partial charge in [0, 0.05) is 10.6 Å². The van der Waals surface area contributed by atoms with Crippen LogP contribution >= 0.6 is 23.6 Å². The van der Waals surface area contributed by atoms with Crippen molar-refractivity contribution in [2.24, 2.45) is 0 Å². The van der Waals surface area contributed by atoms with Gasteiger partial charge in [0.15, 0.2) is 5.11 Å². The highest BCUT2D eigenvalue weighted by molar-refractivity contribution is 7.80. The first-order chi connectivity index (χ1) is 12.2. The van der Waals surface area contributed by atoms with Crippen molar-refractivity contribution in [3.05, 3.63) is 45.8 Å². The van der Waals surface area contributed by atoms with Gasteiger partial charge in [-0.15, -0.1) is 11.3 Å². The van der Waals surface area contributed by atoms with E-state index in [2.05, 4.69) is 10.6 Å². The van der Waals surface area contributed by atoms with Crippen LogP contribution in [0.3, 0.4) is 0 Å². The molecule has 2 aromatic rings. The maximum absolute atomic E-state index is 12.8. The highest BCUT2D eigenvalue weighted by Crippen LogP contribution is 2.34. The molecule has 9 heteroatoms. The van der Waals surface area contributed by atoms with Gasteiger partial charge in [-0.1, -0.05) is 13.0 Å². The minimum atomic E-state index is -4.44. The van der Waals surface area contributed by atoms with Crippen LogP contribution in [0, 0.1) is 6.92 Å². The normalized spacial score (nSPS) is 11.2. The van der Waals surface area contributed by atoms with E-state index < -0.39 is 17.7 Å². The number of carbonyl (C=O) groups is 1. The second-order valence-corrected chi connectivity index (χ2v) is 6.98. The highest BCUT2D eigenvalue weighted by Gasteiger charge is 2.30. The average Bonchev–Trinajstić information content (AvgIpc) is 2.88. The maximum atomic E-state index is 12.8. The lowest BCUT2D eigenvalue weighted by molar-refractivity contribution is -0.137. The lowest BCUT2D eigenvalue weighted by atomic mass is 10.1. The first kappa shape index (κ1) is 20.2. The molecule has 2 rings (SSSR count). The number of thiophene rings is 1. The van der Waals surface area contributed by atoms with Crippen molar-refractivity contribution in [3.8, 4) is 0 Å². The number of esters is 1. The fourth-order valence-electron chi connectivity index (χ4n) is 2.45.